The average Bonchev–Trinajstić information content (AvgIpc) is 4.00. The van der Waals surface area contributed by atoms with Crippen molar-refractivity contribution < 1.29 is 28.0 Å². The number of rotatable bonds is 12. The number of halogens is 1. The Morgan fingerprint density at radius 3 is 2.09 bits per heavy atom. The zero-order valence-electron chi connectivity index (χ0n) is 29.5. The lowest BCUT2D eigenvalue weighted by Crippen LogP contribution is -2.49. The number of aromatic nitrogens is 3. The standard InChI is InChI=1S/C42H39FN6O5/c43-37-26-35(49-28-36(54-41(49)51)29-52-39-20-25-53-45-39)17-18-38(37)46-21-23-47(24-22-46)40(50)19-16-34-27-48(30-44-34)42(31-10-4-1-5-11-31,32-12-6-2-7-13-32)33-14-8-3-9-15-33/h1-15,17-18,20,25-27,30,36H,16,19,21-24,28-29H2. The summed E-state index contributed by atoms with van der Waals surface area (Å²) in [5.74, 6) is -0.118. The molecule has 54 heavy (non-hydrogen) atoms. The first-order valence-corrected chi connectivity index (χ1v) is 18.0. The number of amides is 2. The van der Waals surface area contributed by atoms with E-state index in [0.717, 1.165) is 22.4 Å². The van der Waals surface area contributed by atoms with Crippen LogP contribution in [0.5, 0.6) is 5.88 Å². The highest BCUT2D eigenvalue weighted by molar-refractivity contribution is 5.90. The van der Waals surface area contributed by atoms with E-state index in [1.807, 2.05) is 34.3 Å². The van der Waals surface area contributed by atoms with Crippen LogP contribution in [0.3, 0.4) is 0 Å². The Morgan fingerprint density at radius 1 is 0.852 bits per heavy atom. The SMILES string of the molecule is O=C(CCc1cn(C(c2ccccc2)(c2ccccc2)c2ccccc2)cn1)N1CCN(c2ccc(N3CC(COc4ccon4)OC3=O)cc2F)CC1. The first-order chi connectivity index (χ1) is 26.5. The van der Waals surface area contributed by atoms with Crippen molar-refractivity contribution in [2.45, 2.75) is 24.5 Å². The Bertz CT molecular complexity index is 2080. The van der Waals surface area contributed by atoms with E-state index in [1.165, 1.54) is 17.2 Å². The highest BCUT2D eigenvalue weighted by Gasteiger charge is 2.38. The largest absolute Gasteiger partial charge is 0.471 e. The molecule has 0 radical (unpaired) electrons. The van der Waals surface area contributed by atoms with Crippen LogP contribution in [0.1, 0.15) is 28.8 Å². The zero-order chi connectivity index (χ0) is 36.9. The Morgan fingerprint density at radius 2 is 1.50 bits per heavy atom. The summed E-state index contributed by atoms with van der Waals surface area (Å²) in [6.07, 6.45) is 5.00. The summed E-state index contributed by atoms with van der Waals surface area (Å²) >= 11 is 0. The predicted molar refractivity (Wildman–Crippen MR) is 200 cm³/mol. The van der Waals surface area contributed by atoms with Gasteiger partial charge in [-0.15, -0.1) is 0 Å². The number of anilines is 2. The van der Waals surface area contributed by atoms with Crippen LogP contribution in [-0.4, -0.2) is 77.0 Å². The topological polar surface area (TPSA) is 106 Å². The van der Waals surface area contributed by atoms with Crippen molar-refractivity contribution in [3.63, 3.8) is 0 Å². The van der Waals surface area contributed by atoms with E-state index in [-0.39, 0.29) is 19.1 Å². The lowest BCUT2D eigenvalue weighted by atomic mass is 9.77. The van der Waals surface area contributed by atoms with Gasteiger partial charge < -0.3 is 28.4 Å². The van der Waals surface area contributed by atoms with E-state index in [0.29, 0.717) is 56.3 Å². The molecule has 8 rings (SSSR count). The van der Waals surface area contributed by atoms with Gasteiger partial charge in [0.25, 0.3) is 5.88 Å². The number of hydrogen-bond acceptors (Lipinski definition) is 8. The number of benzene rings is 4. The molecule has 2 amide bonds. The van der Waals surface area contributed by atoms with Gasteiger partial charge in [0.05, 0.1) is 29.9 Å². The van der Waals surface area contributed by atoms with E-state index in [9.17, 15) is 9.59 Å². The van der Waals surface area contributed by atoms with Crippen molar-refractivity contribution in [3.05, 3.63) is 162 Å². The van der Waals surface area contributed by atoms with E-state index in [2.05, 4.69) is 88.7 Å². The van der Waals surface area contributed by atoms with Gasteiger partial charge in [-0.05, 0) is 46.5 Å². The number of carbonyl (C=O) groups excluding carboxylic acids is 2. The molecule has 2 aliphatic rings. The fourth-order valence-corrected chi connectivity index (χ4v) is 7.44. The maximum Gasteiger partial charge on any atom is 0.414 e. The summed E-state index contributed by atoms with van der Waals surface area (Å²) in [5, 5.41) is 3.68. The number of ether oxygens (including phenoxy) is 2. The molecule has 0 bridgehead atoms. The summed E-state index contributed by atoms with van der Waals surface area (Å²) in [4.78, 5) is 35.9. The molecule has 0 saturated carbocycles. The van der Waals surface area contributed by atoms with E-state index >= 15 is 4.39 Å². The fourth-order valence-electron chi connectivity index (χ4n) is 7.44. The van der Waals surface area contributed by atoms with Crippen molar-refractivity contribution in [1.29, 1.82) is 0 Å². The average molecular weight is 727 g/mol. The maximum atomic E-state index is 15.5. The van der Waals surface area contributed by atoms with Gasteiger partial charge in [0.15, 0.2) is 6.10 Å². The molecule has 2 aliphatic heterocycles. The van der Waals surface area contributed by atoms with Crippen molar-refractivity contribution in [3.8, 4) is 5.88 Å². The highest BCUT2D eigenvalue weighted by atomic mass is 19.1. The third-order valence-electron chi connectivity index (χ3n) is 10.1. The minimum Gasteiger partial charge on any atom is -0.471 e. The van der Waals surface area contributed by atoms with Crippen LogP contribution in [0.15, 0.2) is 139 Å². The summed E-state index contributed by atoms with van der Waals surface area (Å²) in [6, 6.07) is 37.5. The number of hydrogen-bond donors (Lipinski definition) is 0. The molecule has 0 spiro atoms. The Balaban J connectivity index is 0.898. The predicted octanol–water partition coefficient (Wildman–Crippen LogP) is 6.54. The van der Waals surface area contributed by atoms with Gasteiger partial charge in [-0.2, -0.15) is 0 Å². The molecular formula is C42H39FN6O5. The molecule has 12 heteroatoms. The maximum absolute atomic E-state index is 15.5. The summed E-state index contributed by atoms with van der Waals surface area (Å²) in [6.45, 7) is 2.22. The highest BCUT2D eigenvalue weighted by Crippen LogP contribution is 2.41. The fraction of sp³-hybridized carbons (Fsp3) is 0.238. The molecule has 1 atom stereocenters. The number of imidazole rings is 1. The number of piperazine rings is 1. The van der Waals surface area contributed by atoms with Crippen LogP contribution in [0, 0.1) is 5.82 Å². The zero-order valence-corrected chi connectivity index (χ0v) is 29.5. The summed E-state index contributed by atoms with van der Waals surface area (Å²) < 4.78 is 33.3. The van der Waals surface area contributed by atoms with Gasteiger partial charge >= 0.3 is 6.09 Å². The smallest absolute Gasteiger partial charge is 0.414 e. The van der Waals surface area contributed by atoms with Crippen molar-refractivity contribution in [1.82, 2.24) is 19.6 Å². The third kappa shape index (κ3) is 6.90. The Kier molecular flexibility index (Phi) is 9.80. The van der Waals surface area contributed by atoms with Gasteiger partial charge in [0.2, 0.25) is 5.91 Å². The number of aryl methyl sites for hydroxylation is 1. The molecule has 6 aromatic rings. The first kappa shape index (κ1) is 34.6. The van der Waals surface area contributed by atoms with Crippen molar-refractivity contribution >= 4 is 23.4 Å². The molecule has 1 unspecified atom stereocenters. The van der Waals surface area contributed by atoms with Gasteiger partial charge in [-0.3, -0.25) is 9.69 Å². The summed E-state index contributed by atoms with van der Waals surface area (Å²) in [7, 11) is 0. The molecule has 2 saturated heterocycles. The Labute approximate surface area is 312 Å². The van der Waals surface area contributed by atoms with Gasteiger partial charge in [-0.25, -0.2) is 14.2 Å². The van der Waals surface area contributed by atoms with Crippen LogP contribution < -0.4 is 14.5 Å². The van der Waals surface area contributed by atoms with Crippen LogP contribution in [0.4, 0.5) is 20.6 Å². The first-order valence-electron chi connectivity index (χ1n) is 18.0. The number of carbonyl (C=O) groups is 2. The summed E-state index contributed by atoms with van der Waals surface area (Å²) in [5.41, 5.74) is 4.28. The molecule has 4 heterocycles. The lowest BCUT2D eigenvalue weighted by Gasteiger charge is -2.37. The second-order valence-corrected chi connectivity index (χ2v) is 13.3. The van der Waals surface area contributed by atoms with Crippen LogP contribution >= 0.6 is 0 Å². The van der Waals surface area contributed by atoms with E-state index in [1.54, 1.807) is 18.2 Å². The van der Waals surface area contributed by atoms with Crippen molar-refractivity contribution in [2.75, 3.05) is 49.1 Å². The van der Waals surface area contributed by atoms with Crippen LogP contribution in [0.2, 0.25) is 0 Å². The lowest BCUT2D eigenvalue weighted by molar-refractivity contribution is -0.131. The van der Waals surface area contributed by atoms with Gasteiger partial charge in [0, 0.05) is 44.9 Å². The minimum absolute atomic E-state index is 0.0371. The second-order valence-electron chi connectivity index (χ2n) is 13.3. The third-order valence-corrected chi connectivity index (χ3v) is 10.1. The Hall–Kier alpha value is -6.43. The molecule has 11 nitrogen and oxygen atoms in total. The quantitative estimate of drug-likeness (QED) is 0.131. The molecule has 0 N–H and O–H groups in total. The number of cyclic esters (lactones) is 1. The van der Waals surface area contributed by atoms with Crippen LogP contribution in [-0.2, 0) is 21.5 Å². The molecule has 2 fully saturated rings. The van der Waals surface area contributed by atoms with Crippen LogP contribution in [0.25, 0.3) is 0 Å². The molecule has 2 aromatic heterocycles. The van der Waals surface area contributed by atoms with Crippen molar-refractivity contribution in [2.24, 2.45) is 0 Å². The van der Waals surface area contributed by atoms with Gasteiger partial charge in [-0.1, -0.05) is 91.0 Å². The van der Waals surface area contributed by atoms with E-state index in [4.69, 9.17) is 19.0 Å². The molecule has 4 aromatic carbocycles. The molecular weight excluding hydrogens is 687 g/mol. The second kappa shape index (κ2) is 15.3. The van der Waals surface area contributed by atoms with E-state index < -0.39 is 23.6 Å². The number of nitrogens with zero attached hydrogens (tertiary/aromatic N) is 6. The van der Waals surface area contributed by atoms with Gasteiger partial charge in [0.1, 0.15) is 24.2 Å². The minimum atomic E-state index is -0.670. The molecule has 0 aliphatic carbocycles. The monoisotopic (exact) mass is 726 g/mol. The normalized spacial score (nSPS) is 16.1. The molecule has 274 valence electrons.